The van der Waals surface area contributed by atoms with Gasteiger partial charge in [0.2, 0.25) is 11.8 Å². The zero-order valence-electron chi connectivity index (χ0n) is 14.7. The van der Waals surface area contributed by atoms with Crippen molar-refractivity contribution in [1.82, 2.24) is 0 Å². The van der Waals surface area contributed by atoms with Crippen LogP contribution in [0.25, 0.3) is 0 Å². The van der Waals surface area contributed by atoms with Gasteiger partial charge >= 0.3 is 5.97 Å². The van der Waals surface area contributed by atoms with Gasteiger partial charge in [0.1, 0.15) is 5.75 Å². The summed E-state index contributed by atoms with van der Waals surface area (Å²) in [6.07, 6.45) is 4.99. The molecule has 4 atom stereocenters. The number of fused-ring (bicyclic) bond motifs is 5. The van der Waals surface area contributed by atoms with Crippen LogP contribution in [0.15, 0.2) is 60.7 Å². The first-order valence-corrected chi connectivity index (χ1v) is 9.55. The lowest BCUT2D eigenvalue weighted by Gasteiger charge is -2.18. The van der Waals surface area contributed by atoms with Crippen LogP contribution >= 0.6 is 11.6 Å². The van der Waals surface area contributed by atoms with Gasteiger partial charge in [0.15, 0.2) is 0 Å². The number of carbonyl (C=O) groups is 3. The average molecular weight is 394 g/mol. The maximum atomic E-state index is 12.9. The SMILES string of the molecule is O=C(Oc1ccccc1Cl)c1cccc(N2C(=O)[C@@H]3[C@H](C2=O)[C@H]2C=C[C@@H]3C2)c1. The van der Waals surface area contributed by atoms with Crippen LogP contribution in [0.4, 0.5) is 5.69 Å². The van der Waals surface area contributed by atoms with Crippen molar-refractivity contribution < 1.29 is 19.1 Å². The fourth-order valence-electron chi connectivity index (χ4n) is 4.62. The van der Waals surface area contributed by atoms with Gasteiger partial charge in [0.25, 0.3) is 0 Å². The summed E-state index contributed by atoms with van der Waals surface area (Å²) in [7, 11) is 0. The van der Waals surface area contributed by atoms with Gasteiger partial charge in [-0.1, -0.05) is 42.0 Å². The Kier molecular flexibility index (Phi) is 3.88. The predicted octanol–water partition coefficient (Wildman–Crippen LogP) is 3.87. The molecular weight excluding hydrogens is 378 g/mol. The number of hydrogen-bond donors (Lipinski definition) is 0. The standard InChI is InChI=1S/C22H16ClNO4/c23-16-6-1-2-7-17(16)28-22(27)14-4-3-5-15(11-14)24-20(25)18-12-8-9-13(10-12)19(18)21(24)26/h1-9,11-13,18-19H,10H2/t12-,13+,18+,19-. The number of ether oxygens (including phenoxy) is 1. The zero-order valence-corrected chi connectivity index (χ0v) is 15.5. The number of rotatable bonds is 3. The third-order valence-corrected chi connectivity index (χ3v) is 6.16. The van der Waals surface area contributed by atoms with E-state index in [1.165, 1.54) is 11.0 Å². The van der Waals surface area contributed by atoms with E-state index < -0.39 is 5.97 Å². The van der Waals surface area contributed by atoms with Crippen LogP contribution in [0.1, 0.15) is 16.8 Å². The molecule has 2 amide bonds. The number of esters is 1. The number of para-hydroxylation sites is 1. The molecule has 5 nitrogen and oxygen atoms in total. The van der Waals surface area contributed by atoms with E-state index >= 15 is 0 Å². The number of imide groups is 1. The van der Waals surface area contributed by atoms with Crippen LogP contribution in [0.3, 0.4) is 0 Å². The fraction of sp³-hybridized carbons (Fsp3) is 0.227. The van der Waals surface area contributed by atoms with Gasteiger partial charge in [-0.05, 0) is 48.6 Å². The van der Waals surface area contributed by atoms with Crippen molar-refractivity contribution in [3.05, 3.63) is 71.3 Å². The van der Waals surface area contributed by atoms with Crippen molar-refractivity contribution in [3.8, 4) is 5.75 Å². The number of carbonyl (C=O) groups excluding carboxylic acids is 3. The van der Waals surface area contributed by atoms with E-state index in [0.717, 1.165) is 6.42 Å². The van der Waals surface area contributed by atoms with Crippen molar-refractivity contribution in [3.63, 3.8) is 0 Å². The number of halogens is 1. The highest BCUT2D eigenvalue weighted by molar-refractivity contribution is 6.32. The molecule has 2 aromatic rings. The van der Waals surface area contributed by atoms with Crippen molar-refractivity contribution in [2.45, 2.75) is 6.42 Å². The average Bonchev–Trinajstić information content (AvgIpc) is 3.37. The normalized spacial score (nSPS) is 27.4. The highest BCUT2D eigenvalue weighted by Crippen LogP contribution is 2.53. The monoisotopic (exact) mass is 393 g/mol. The predicted molar refractivity (Wildman–Crippen MR) is 103 cm³/mol. The van der Waals surface area contributed by atoms with Gasteiger partial charge in [-0.15, -0.1) is 0 Å². The molecule has 2 aliphatic carbocycles. The zero-order chi connectivity index (χ0) is 19.4. The Hall–Kier alpha value is -2.92. The molecule has 0 spiro atoms. The lowest BCUT2D eigenvalue weighted by molar-refractivity contribution is -0.123. The number of hydrogen-bond acceptors (Lipinski definition) is 4. The second-order valence-electron chi connectivity index (χ2n) is 7.38. The number of nitrogens with zero attached hydrogens (tertiary/aromatic N) is 1. The smallest absolute Gasteiger partial charge is 0.343 e. The van der Waals surface area contributed by atoms with Crippen molar-refractivity contribution in [1.29, 1.82) is 0 Å². The molecule has 2 bridgehead atoms. The maximum absolute atomic E-state index is 12.9. The first-order chi connectivity index (χ1) is 13.5. The Morgan fingerprint density at radius 2 is 1.64 bits per heavy atom. The summed E-state index contributed by atoms with van der Waals surface area (Å²) < 4.78 is 5.35. The topological polar surface area (TPSA) is 63.7 Å². The highest BCUT2D eigenvalue weighted by atomic mass is 35.5. The maximum Gasteiger partial charge on any atom is 0.343 e. The minimum Gasteiger partial charge on any atom is -0.421 e. The van der Waals surface area contributed by atoms with E-state index in [1.807, 2.05) is 0 Å². The molecule has 1 saturated carbocycles. The van der Waals surface area contributed by atoms with E-state index in [4.69, 9.17) is 16.3 Å². The molecule has 28 heavy (non-hydrogen) atoms. The lowest BCUT2D eigenvalue weighted by Crippen LogP contribution is -2.33. The molecule has 140 valence electrons. The molecule has 6 heteroatoms. The van der Waals surface area contributed by atoms with Crippen molar-refractivity contribution in [2.24, 2.45) is 23.7 Å². The summed E-state index contributed by atoms with van der Waals surface area (Å²) in [4.78, 5) is 39.6. The molecule has 5 rings (SSSR count). The third-order valence-electron chi connectivity index (χ3n) is 5.85. The van der Waals surface area contributed by atoms with Gasteiger partial charge in [-0.2, -0.15) is 0 Å². The van der Waals surface area contributed by atoms with Crippen LogP contribution in [-0.4, -0.2) is 17.8 Å². The molecule has 2 aromatic carbocycles. The molecule has 0 radical (unpaired) electrons. The molecule has 0 aromatic heterocycles. The molecule has 1 saturated heterocycles. The number of allylic oxidation sites excluding steroid dienone is 2. The molecule has 3 aliphatic rings. The van der Waals surface area contributed by atoms with Crippen LogP contribution in [0, 0.1) is 23.7 Å². The largest absolute Gasteiger partial charge is 0.421 e. The molecule has 1 aliphatic heterocycles. The van der Waals surface area contributed by atoms with Crippen molar-refractivity contribution >= 4 is 35.1 Å². The van der Waals surface area contributed by atoms with E-state index in [2.05, 4.69) is 12.2 Å². The second-order valence-corrected chi connectivity index (χ2v) is 7.79. The molecule has 1 heterocycles. The van der Waals surface area contributed by atoms with Gasteiger partial charge < -0.3 is 4.74 Å². The van der Waals surface area contributed by atoms with Crippen LogP contribution in [-0.2, 0) is 9.59 Å². The molecular formula is C22H16ClNO4. The summed E-state index contributed by atoms with van der Waals surface area (Å²) >= 11 is 6.04. The molecule has 2 fully saturated rings. The van der Waals surface area contributed by atoms with Gasteiger partial charge in [0, 0.05) is 0 Å². The van der Waals surface area contributed by atoms with Crippen molar-refractivity contribution in [2.75, 3.05) is 4.90 Å². The first-order valence-electron chi connectivity index (χ1n) is 9.17. The second kappa shape index (κ2) is 6.31. The van der Waals surface area contributed by atoms with E-state index in [1.54, 1.807) is 42.5 Å². The van der Waals surface area contributed by atoms with Gasteiger partial charge in [0.05, 0.1) is 28.1 Å². The minimum atomic E-state index is -0.601. The summed E-state index contributed by atoms with van der Waals surface area (Å²) in [5, 5.41) is 0.327. The molecule has 0 N–H and O–H groups in total. The lowest BCUT2D eigenvalue weighted by atomic mass is 9.85. The van der Waals surface area contributed by atoms with Crippen LogP contribution < -0.4 is 9.64 Å². The summed E-state index contributed by atoms with van der Waals surface area (Å²) in [6, 6.07) is 13.1. The van der Waals surface area contributed by atoms with Crippen LogP contribution in [0.5, 0.6) is 5.75 Å². The number of amides is 2. The van der Waals surface area contributed by atoms with Crippen LogP contribution in [0.2, 0.25) is 5.02 Å². The minimum absolute atomic E-state index is 0.143. The third kappa shape index (κ3) is 2.50. The Bertz CT molecular complexity index is 1020. The summed E-state index contributed by atoms with van der Waals surface area (Å²) in [6.45, 7) is 0. The molecule has 0 unspecified atom stereocenters. The highest BCUT2D eigenvalue weighted by Gasteiger charge is 2.59. The van der Waals surface area contributed by atoms with E-state index in [-0.39, 0.29) is 46.8 Å². The first kappa shape index (κ1) is 17.2. The summed E-state index contributed by atoms with van der Waals surface area (Å²) in [5.41, 5.74) is 0.647. The van der Waals surface area contributed by atoms with E-state index in [9.17, 15) is 14.4 Å². The van der Waals surface area contributed by atoms with Gasteiger partial charge in [-0.3, -0.25) is 9.59 Å². The fourth-order valence-corrected chi connectivity index (χ4v) is 4.79. The Morgan fingerprint density at radius 1 is 0.964 bits per heavy atom. The number of benzene rings is 2. The quantitative estimate of drug-likeness (QED) is 0.343. The van der Waals surface area contributed by atoms with Gasteiger partial charge in [-0.25, -0.2) is 9.69 Å². The number of anilines is 1. The Morgan fingerprint density at radius 3 is 2.32 bits per heavy atom. The Balaban J connectivity index is 1.42. The summed E-state index contributed by atoms with van der Waals surface area (Å²) in [5.74, 6) is -0.967. The Labute approximate surface area is 166 Å². The van der Waals surface area contributed by atoms with E-state index in [0.29, 0.717) is 10.7 Å².